The van der Waals surface area contributed by atoms with Crippen molar-refractivity contribution in [2.24, 2.45) is 0 Å². The summed E-state index contributed by atoms with van der Waals surface area (Å²) < 4.78 is 0. The number of hydrogen-bond donors (Lipinski definition) is 1. The third-order valence-corrected chi connectivity index (χ3v) is 1.85. The summed E-state index contributed by atoms with van der Waals surface area (Å²) in [5, 5.41) is 0.658. The maximum absolute atomic E-state index is 11.3. The molecule has 0 aliphatic rings. The van der Waals surface area contributed by atoms with Gasteiger partial charge in [0.1, 0.15) is 0 Å². The highest BCUT2D eigenvalue weighted by atomic mass is 35.5. The highest BCUT2D eigenvalue weighted by Gasteiger charge is 2.08. The molecule has 80 valence electrons. The maximum Gasteiger partial charge on any atom is 0.329 e. The first kappa shape index (κ1) is 11.8. The maximum atomic E-state index is 11.3. The molecule has 0 fully saturated rings. The zero-order valence-electron chi connectivity index (χ0n) is 7.71. The number of carbonyl (C=O) groups is 2. The zero-order valence-corrected chi connectivity index (χ0v) is 9.22. The van der Waals surface area contributed by atoms with E-state index in [4.69, 9.17) is 23.2 Å². The average Bonchev–Trinajstić information content (AvgIpc) is 2.12. The Labute approximate surface area is 96.1 Å². The highest BCUT2D eigenvalue weighted by molar-refractivity contribution is 6.35. The monoisotopic (exact) mass is 247 g/mol. The second kappa shape index (κ2) is 5.00. The highest BCUT2D eigenvalue weighted by Crippen LogP contribution is 2.18. The predicted molar refractivity (Wildman–Crippen MR) is 55.7 cm³/mol. The predicted octanol–water partition coefficient (Wildman–Crippen LogP) is 2.20. The molecule has 0 saturated carbocycles. The molecule has 0 heterocycles. The van der Waals surface area contributed by atoms with Gasteiger partial charge in [0, 0.05) is 22.5 Å². The fourth-order valence-electron chi connectivity index (χ4n) is 0.862. The van der Waals surface area contributed by atoms with E-state index in [2.05, 4.69) is 4.84 Å². The molecule has 0 saturated heterocycles. The van der Waals surface area contributed by atoms with Gasteiger partial charge in [-0.05, 0) is 18.2 Å². The van der Waals surface area contributed by atoms with Crippen LogP contribution in [0.15, 0.2) is 18.2 Å². The zero-order chi connectivity index (χ0) is 11.4. The van der Waals surface area contributed by atoms with Gasteiger partial charge in [-0.2, -0.15) is 5.48 Å². The fraction of sp³-hybridized carbons (Fsp3) is 0.111. The van der Waals surface area contributed by atoms with E-state index in [9.17, 15) is 9.59 Å². The smallest absolute Gasteiger partial charge is 0.329 e. The molecule has 4 nitrogen and oxygen atoms in total. The van der Waals surface area contributed by atoms with Crippen molar-refractivity contribution < 1.29 is 14.4 Å². The van der Waals surface area contributed by atoms with E-state index in [1.54, 1.807) is 0 Å². The Kier molecular flexibility index (Phi) is 3.94. The SMILES string of the molecule is CC(=O)ONC(=O)c1cc(Cl)cc(Cl)c1. The van der Waals surface area contributed by atoms with Crippen LogP contribution in [0.3, 0.4) is 0 Å². The first-order chi connectivity index (χ1) is 6.99. The summed E-state index contributed by atoms with van der Waals surface area (Å²) in [5.41, 5.74) is 2.16. The van der Waals surface area contributed by atoms with Crippen LogP contribution in [0.4, 0.5) is 0 Å². The van der Waals surface area contributed by atoms with Gasteiger partial charge in [-0.15, -0.1) is 0 Å². The van der Waals surface area contributed by atoms with Crippen LogP contribution in [-0.2, 0) is 9.63 Å². The minimum atomic E-state index is -0.614. The summed E-state index contributed by atoms with van der Waals surface area (Å²) in [6.45, 7) is 1.17. The van der Waals surface area contributed by atoms with Crippen LogP contribution in [0.1, 0.15) is 17.3 Å². The fourth-order valence-corrected chi connectivity index (χ4v) is 1.39. The molecule has 1 rings (SSSR count). The molecule has 0 atom stereocenters. The molecule has 0 bridgehead atoms. The molecule has 1 aromatic carbocycles. The molecule has 15 heavy (non-hydrogen) atoms. The van der Waals surface area contributed by atoms with Crippen LogP contribution in [0, 0.1) is 0 Å². The van der Waals surface area contributed by atoms with E-state index in [-0.39, 0.29) is 5.56 Å². The molecule has 0 aromatic heterocycles. The topological polar surface area (TPSA) is 55.4 Å². The second-order valence-corrected chi connectivity index (χ2v) is 3.56. The lowest BCUT2D eigenvalue weighted by Gasteiger charge is -2.04. The molecular weight excluding hydrogens is 241 g/mol. The van der Waals surface area contributed by atoms with Crippen molar-refractivity contribution in [1.29, 1.82) is 0 Å². The van der Waals surface area contributed by atoms with Crippen molar-refractivity contribution in [3.05, 3.63) is 33.8 Å². The first-order valence-electron chi connectivity index (χ1n) is 3.93. The average molecular weight is 248 g/mol. The number of hydroxylamine groups is 1. The molecule has 0 aliphatic carbocycles. The molecule has 0 radical (unpaired) electrons. The van der Waals surface area contributed by atoms with Crippen molar-refractivity contribution >= 4 is 35.1 Å². The molecule has 6 heteroatoms. The lowest BCUT2D eigenvalue weighted by Crippen LogP contribution is -2.25. The number of carbonyl (C=O) groups excluding carboxylic acids is 2. The summed E-state index contributed by atoms with van der Waals surface area (Å²) in [4.78, 5) is 26.1. The number of nitrogens with one attached hydrogen (secondary N) is 1. The second-order valence-electron chi connectivity index (χ2n) is 2.68. The van der Waals surface area contributed by atoms with Gasteiger partial charge in [-0.3, -0.25) is 9.59 Å². The van der Waals surface area contributed by atoms with Crippen LogP contribution in [0.5, 0.6) is 0 Å². The lowest BCUT2D eigenvalue weighted by molar-refractivity contribution is -0.146. The summed E-state index contributed by atoms with van der Waals surface area (Å²) in [7, 11) is 0. The third-order valence-electron chi connectivity index (χ3n) is 1.41. The van der Waals surface area contributed by atoms with Gasteiger partial charge in [0.2, 0.25) is 0 Å². The molecule has 0 spiro atoms. The third kappa shape index (κ3) is 3.77. The van der Waals surface area contributed by atoms with Gasteiger partial charge in [0.05, 0.1) is 0 Å². The molecule has 1 aromatic rings. The van der Waals surface area contributed by atoms with Crippen LogP contribution >= 0.6 is 23.2 Å². The van der Waals surface area contributed by atoms with E-state index in [0.717, 1.165) is 0 Å². The minimum Gasteiger partial charge on any atom is -0.341 e. The molecule has 1 amide bonds. The van der Waals surface area contributed by atoms with Gasteiger partial charge in [0.25, 0.3) is 5.91 Å². The van der Waals surface area contributed by atoms with Gasteiger partial charge in [0.15, 0.2) is 0 Å². The van der Waals surface area contributed by atoms with E-state index in [1.165, 1.54) is 25.1 Å². The van der Waals surface area contributed by atoms with Crippen LogP contribution in [0.25, 0.3) is 0 Å². The first-order valence-corrected chi connectivity index (χ1v) is 4.68. The van der Waals surface area contributed by atoms with Crippen molar-refractivity contribution in [3.8, 4) is 0 Å². The largest absolute Gasteiger partial charge is 0.341 e. The standard InChI is InChI=1S/C9H7Cl2NO3/c1-5(13)15-12-9(14)6-2-7(10)4-8(11)3-6/h2-4H,1H3,(H,12,14). The summed E-state index contributed by atoms with van der Waals surface area (Å²) in [5.74, 6) is -1.20. The summed E-state index contributed by atoms with van der Waals surface area (Å²) >= 11 is 11.4. The van der Waals surface area contributed by atoms with Crippen molar-refractivity contribution in [3.63, 3.8) is 0 Å². The number of hydrogen-bond acceptors (Lipinski definition) is 3. The van der Waals surface area contributed by atoms with E-state index >= 15 is 0 Å². The number of halogens is 2. The summed E-state index contributed by atoms with van der Waals surface area (Å²) in [6.07, 6.45) is 0. The van der Waals surface area contributed by atoms with Gasteiger partial charge in [-0.25, -0.2) is 0 Å². The molecule has 1 N–H and O–H groups in total. The number of benzene rings is 1. The van der Waals surface area contributed by atoms with Gasteiger partial charge in [-0.1, -0.05) is 23.2 Å². The Morgan fingerprint density at radius 3 is 2.20 bits per heavy atom. The Hall–Kier alpha value is -1.26. The Balaban J connectivity index is 2.77. The van der Waals surface area contributed by atoms with Crippen molar-refractivity contribution in [1.82, 2.24) is 5.48 Å². The molecule has 0 unspecified atom stereocenters. The molecular formula is C9H7Cl2NO3. The van der Waals surface area contributed by atoms with E-state index in [0.29, 0.717) is 10.0 Å². The van der Waals surface area contributed by atoms with E-state index < -0.39 is 11.9 Å². The summed E-state index contributed by atoms with van der Waals surface area (Å²) in [6, 6.07) is 4.31. The minimum absolute atomic E-state index is 0.216. The van der Waals surface area contributed by atoms with E-state index in [1.807, 2.05) is 5.48 Å². The van der Waals surface area contributed by atoms with Crippen LogP contribution in [-0.4, -0.2) is 11.9 Å². The van der Waals surface area contributed by atoms with Gasteiger partial charge < -0.3 is 4.84 Å². The Morgan fingerprint density at radius 2 is 1.73 bits per heavy atom. The number of amides is 1. The molecule has 0 aliphatic heterocycles. The quantitative estimate of drug-likeness (QED) is 0.775. The number of rotatable bonds is 1. The van der Waals surface area contributed by atoms with Gasteiger partial charge >= 0.3 is 5.97 Å². The van der Waals surface area contributed by atoms with Crippen LogP contribution < -0.4 is 5.48 Å². The lowest BCUT2D eigenvalue weighted by atomic mass is 10.2. The normalized spacial score (nSPS) is 9.53. The Bertz CT molecular complexity index is 386. The van der Waals surface area contributed by atoms with Crippen LogP contribution in [0.2, 0.25) is 10.0 Å². The van der Waals surface area contributed by atoms with Crippen molar-refractivity contribution in [2.45, 2.75) is 6.92 Å². The Morgan fingerprint density at radius 1 is 1.20 bits per heavy atom. The van der Waals surface area contributed by atoms with Crippen molar-refractivity contribution in [2.75, 3.05) is 0 Å².